The van der Waals surface area contributed by atoms with Crippen LogP contribution in [0.5, 0.6) is 0 Å². The summed E-state index contributed by atoms with van der Waals surface area (Å²) in [6, 6.07) is 6.74. The molecule has 0 heterocycles. The molecule has 0 saturated heterocycles. The van der Waals surface area contributed by atoms with E-state index in [2.05, 4.69) is 4.74 Å². The van der Waals surface area contributed by atoms with Crippen molar-refractivity contribution in [1.29, 1.82) is 0 Å². The van der Waals surface area contributed by atoms with Gasteiger partial charge in [-0.25, -0.2) is 4.79 Å². The summed E-state index contributed by atoms with van der Waals surface area (Å²) < 4.78 is 39.7. The van der Waals surface area contributed by atoms with Crippen molar-refractivity contribution in [2.45, 2.75) is 12.7 Å². The number of halogens is 4. The van der Waals surface area contributed by atoms with E-state index in [4.69, 9.17) is 11.6 Å². The van der Waals surface area contributed by atoms with Crippen molar-refractivity contribution in [2.24, 2.45) is 0 Å². The van der Waals surface area contributed by atoms with Crippen molar-refractivity contribution in [2.75, 3.05) is 13.7 Å². The lowest BCUT2D eigenvalue weighted by molar-refractivity contribution is -0.162. The van der Waals surface area contributed by atoms with Gasteiger partial charge in [0.1, 0.15) is 0 Å². The van der Waals surface area contributed by atoms with Gasteiger partial charge in [0.2, 0.25) is 0 Å². The molecule has 0 aliphatic carbocycles. The zero-order chi connectivity index (χ0) is 13.8. The zero-order valence-electron chi connectivity index (χ0n) is 9.50. The Balaban J connectivity index is 2.53. The van der Waals surface area contributed by atoms with Crippen molar-refractivity contribution in [1.82, 2.24) is 4.90 Å². The molecule has 1 rings (SSSR count). The highest BCUT2D eigenvalue weighted by atomic mass is 35.5. The third kappa shape index (κ3) is 4.83. The molecule has 0 radical (unpaired) electrons. The molecule has 100 valence electrons. The molecule has 7 heteroatoms. The Labute approximate surface area is 107 Å². The summed E-state index contributed by atoms with van der Waals surface area (Å²) in [4.78, 5) is 12.3. The minimum absolute atomic E-state index is 0.0797. The van der Waals surface area contributed by atoms with Crippen molar-refractivity contribution in [3.8, 4) is 0 Å². The molecule has 0 N–H and O–H groups in total. The third-order valence-electron chi connectivity index (χ3n) is 2.04. The van der Waals surface area contributed by atoms with Crippen LogP contribution in [-0.4, -0.2) is 30.8 Å². The van der Waals surface area contributed by atoms with Crippen LogP contribution >= 0.6 is 11.6 Å². The SMILES string of the molecule is CN(Cc1ccccc1Cl)C(=O)OCC(F)(F)F. The normalized spacial score (nSPS) is 11.2. The molecule has 0 bridgehead atoms. The second kappa shape index (κ2) is 5.95. The average molecular weight is 282 g/mol. The lowest BCUT2D eigenvalue weighted by atomic mass is 10.2. The van der Waals surface area contributed by atoms with Gasteiger partial charge >= 0.3 is 12.3 Å². The molecule has 1 aromatic carbocycles. The largest absolute Gasteiger partial charge is 0.440 e. The summed E-state index contributed by atoms with van der Waals surface area (Å²) >= 11 is 5.86. The second-order valence-corrected chi connectivity index (χ2v) is 4.02. The predicted octanol–water partition coefficient (Wildman–Crippen LogP) is 3.47. The Kier molecular flexibility index (Phi) is 4.84. The number of amides is 1. The first-order valence-electron chi connectivity index (χ1n) is 4.97. The van der Waals surface area contributed by atoms with Crippen LogP contribution < -0.4 is 0 Å². The zero-order valence-corrected chi connectivity index (χ0v) is 10.3. The van der Waals surface area contributed by atoms with E-state index >= 15 is 0 Å². The van der Waals surface area contributed by atoms with Crippen LogP contribution in [0.25, 0.3) is 0 Å². The predicted molar refractivity (Wildman–Crippen MR) is 60.3 cm³/mol. The highest BCUT2D eigenvalue weighted by molar-refractivity contribution is 6.31. The van der Waals surface area contributed by atoms with E-state index in [-0.39, 0.29) is 6.54 Å². The summed E-state index contributed by atoms with van der Waals surface area (Å²) in [7, 11) is 1.34. The molecule has 0 aliphatic rings. The Bertz CT molecular complexity index is 423. The van der Waals surface area contributed by atoms with Crippen LogP contribution in [0, 0.1) is 0 Å². The molecule has 0 saturated carbocycles. The molecule has 0 fully saturated rings. The molecule has 1 aromatic rings. The van der Waals surface area contributed by atoms with E-state index in [0.717, 1.165) is 4.90 Å². The molecule has 0 spiro atoms. The maximum atomic E-state index is 11.9. The highest BCUT2D eigenvalue weighted by Crippen LogP contribution is 2.18. The molecule has 0 atom stereocenters. The first kappa shape index (κ1) is 14.6. The van der Waals surface area contributed by atoms with E-state index in [1.165, 1.54) is 7.05 Å². The van der Waals surface area contributed by atoms with Crippen LogP contribution in [0.3, 0.4) is 0 Å². The highest BCUT2D eigenvalue weighted by Gasteiger charge is 2.30. The number of hydrogen-bond donors (Lipinski definition) is 0. The number of benzene rings is 1. The maximum Gasteiger partial charge on any atom is 0.422 e. The van der Waals surface area contributed by atoms with Gasteiger partial charge in [0.15, 0.2) is 6.61 Å². The van der Waals surface area contributed by atoms with Gasteiger partial charge in [0, 0.05) is 12.1 Å². The lowest BCUT2D eigenvalue weighted by Crippen LogP contribution is -2.30. The maximum absolute atomic E-state index is 11.9. The summed E-state index contributed by atoms with van der Waals surface area (Å²) in [5.74, 6) is 0. The Morgan fingerprint density at radius 1 is 1.39 bits per heavy atom. The first-order chi connectivity index (χ1) is 8.29. The number of ether oxygens (including phenoxy) is 1. The monoisotopic (exact) mass is 281 g/mol. The lowest BCUT2D eigenvalue weighted by Gasteiger charge is -2.18. The van der Waals surface area contributed by atoms with Gasteiger partial charge < -0.3 is 9.64 Å². The Morgan fingerprint density at radius 2 is 2.00 bits per heavy atom. The number of carbonyl (C=O) groups is 1. The third-order valence-corrected chi connectivity index (χ3v) is 2.41. The topological polar surface area (TPSA) is 29.5 Å². The molecular weight excluding hydrogens is 271 g/mol. The van der Waals surface area contributed by atoms with E-state index < -0.39 is 18.9 Å². The van der Waals surface area contributed by atoms with Crippen molar-refractivity contribution < 1.29 is 22.7 Å². The van der Waals surface area contributed by atoms with Crippen molar-refractivity contribution in [3.05, 3.63) is 34.9 Å². The van der Waals surface area contributed by atoms with Gasteiger partial charge in [-0.1, -0.05) is 29.8 Å². The summed E-state index contributed by atoms with van der Waals surface area (Å²) in [6.07, 6.45) is -5.58. The van der Waals surface area contributed by atoms with E-state index in [1.54, 1.807) is 24.3 Å². The number of nitrogens with zero attached hydrogens (tertiary/aromatic N) is 1. The fraction of sp³-hybridized carbons (Fsp3) is 0.364. The van der Waals surface area contributed by atoms with Gasteiger partial charge in [0.05, 0.1) is 6.54 Å². The van der Waals surface area contributed by atoms with Gasteiger partial charge in [-0.05, 0) is 11.6 Å². The van der Waals surface area contributed by atoms with Crippen molar-refractivity contribution >= 4 is 17.7 Å². The van der Waals surface area contributed by atoms with E-state index in [9.17, 15) is 18.0 Å². The first-order valence-corrected chi connectivity index (χ1v) is 5.35. The standard InChI is InChI=1S/C11H11ClF3NO2/c1-16(10(17)18-7-11(13,14)15)6-8-4-2-3-5-9(8)12/h2-5H,6-7H2,1H3. The van der Waals surface area contributed by atoms with Crippen LogP contribution in [-0.2, 0) is 11.3 Å². The van der Waals surface area contributed by atoms with Crippen LogP contribution in [0.2, 0.25) is 5.02 Å². The summed E-state index contributed by atoms with van der Waals surface area (Å²) in [5, 5.41) is 0.438. The van der Waals surface area contributed by atoms with Crippen molar-refractivity contribution in [3.63, 3.8) is 0 Å². The van der Waals surface area contributed by atoms with Crippen LogP contribution in [0.4, 0.5) is 18.0 Å². The summed E-state index contributed by atoms with van der Waals surface area (Å²) in [5.41, 5.74) is 0.630. The van der Waals surface area contributed by atoms with E-state index in [1.807, 2.05) is 0 Å². The fourth-order valence-corrected chi connectivity index (χ4v) is 1.40. The average Bonchev–Trinajstić information content (AvgIpc) is 2.28. The minimum atomic E-state index is -4.53. The van der Waals surface area contributed by atoms with Gasteiger partial charge in [-0.15, -0.1) is 0 Å². The van der Waals surface area contributed by atoms with Gasteiger partial charge in [-0.2, -0.15) is 13.2 Å². The second-order valence-electron chi connectivity index (χ2n) is 3.62. The van der Waals surface area contributed by atoms with Gasteiger partial charge in [0.25, 0.3) is 0 Å². The Hall–Kier alpha value is -1.43. The summed E-state index contributed by atoms with van der Waals surface area (Å²) in [6.45, 7) is -1.52. The molecule has 0 aromatic heterocycles. The minimum Gasteiger partial charge on any atom is -0.440 e. The molecular formula is C11H11ClF3NO2. The van der Waals surface area contributed by atoms with Crippen LogP contribution in [0.15, 0.2) is 24.3 Å². The molecule has 0 unspecified atom stereocenters. The fourth-order valence-electron chi connectivity index (χ4n) is 1.20. The molecule has 0 aliphatic heterocycles. The molecule has 18 heavy (non-hydrogen) atoms. The quantitative estimate of drug-likeness (QED) is 0.849. The Morgan fingerprint density at radius 3 is 2.56 bits per heavy atom. The van der Waals surface area contributed by atoms with Crippen LogP contribution in [0.1, 0.15) is 5.56 Å². The van der Waals surface area contributed by atoms with E-state index in [0.29, 0.717) is 10.6 Å². The smallest absolute Gasteiger partial charge is 0.422 e. The number of hydrogen-bond acceptors (Lipinski definition) is 2. The number of rotatable bonds is 3. The number of carbonyl (C=O) groups excluding carboxylic acids is 1. The van der Waals surface area contributed by atoms with Gasteiger partial charge in [-0.3, -0.25) is 0 Å². The number of alkyl halides is 3. The molecule has 1 amide bonds. The molecule has 3 nitrogen and oxygen atoms in total.